The van der Waals surface area contributed by atoms with Gasteiger partial charge in [0.15, 0.2) is 0 Å². The summed E-state index contributed by atoms with van der Waals surface area (Å²) in [6.45, 7) is 7.43. The summed E-state index contributed by atoms with van der Waals surface area (Å²) in [5.41, 5.74) is 2.01. The van der Waals surface area contributed by atoms with Crippen LogP contribution in [-0.4, -0.2) is 5.11 Å². The number of aryl methyl sites for hydroxylation is 1. The fourth-order valence-corrected chi connectivity index (χ4v) is 1.99. The summed E-state index contributed by atoms with van der Waals surface area (Å²) in [5.74, 6) is 0.230. The van der Waals surface area contributed by atoms with Crippen LogP contribution in [0.3, 0.4) is 0 Å². The fourth-order valence-electron chi connectivity index (χ4n) is 1.58. The average molecular weight is 268 g/mol. The van der Waals surface area contributed by atoms with Crippen LogP contribution < -0.4 is 0 Å². The van der Waals surface area contributed by atoms with E-state index >= 15 is 0 Å². The first-order valence-electron chi connectivity index (χ1n) is 4.71. The van der Waals surface area contributed by atoms with E-state index in [0.29, 0.717) is 4.47 Å². The topological polar surface area (TPSA) is 44.0 Å². The molecule has 0 unspecified atom stereocenters. The first kappa shape index (κ1) is 12.1. The Morgan fingerprint density at radius 1 is 1.40 bits per heavy atom. The molecule has 0 saturated carbocycles. The van der Waals surface area contributed by atoms with Crippen LogP contribution in [0.15, 0.2) is 10.5 Å². The number of hydrogen-bond acceptors (Lipinski definition) is 2. The van der Waals surface area contributed by atoms with E-state index in [-0.39, 0.29) is 5.75 Å². The summed E-state index contributed by atoms with van der Waals surface area (Å²) in [7, 11) is 0. The zero-order valence-corrected chi connectivity index (χ0v) is 10.9. The number of hydrogen-bond donors (Lipinski definition) is 1. The Morgan fingerprint density at radius 2 is 1.93 bits per heavy atom. The molecule has 1 N–H and O–H groups in total. The number of nitrogens with zero attached hydrogens (tertiary/aromatic N) is 1. The van der Waals surface area contributed by atoms with Crippen molar-refractivity contribution in [1.29, 1.82) is 5.26 Å². The Morgan fingerprint density at radius 3 is 2.40 bits per heavy atom. The molecule has 0 amide bonds. The molecule has 1 aromatic rings. The number of rotatable bonds is 1. The van der Waals surface area contributed by atoms with E-state index in [4.69, 9.17) is 5.26 Å². The van der Waals surface area contributed by atoms with E-state index < -0.39 is 5.41 Å². The molecule has 0 heterocycles. The molecule has 0 spiro atoms. The monoisotopic (exact) mass is 267 g/mol. The zero-order valence-electron chi connectivity index (χ0n) is 9.35. The summed E-state index contributed by atoms with van der Waals surface area (Å²) in [4.78, 5) is 0. The third-order valence-corrected chi connectivity index (χ3v) is 3.63. The lowest BCUT2D eigenvalue weighted by atomic mass is 9.82. The molecule has 3 heteroatoms. The van der Waals surface area contributed by atoms with E-state index in [1.807, 2.05) is 33.8 Å². The van der Waals surface area contributed by atoms with Gasteiger partial charge in [-0.25, -0.2) is 0 Å². The van der Waals surface area contributed by atoms with Crippen LogP contribution in [0.4, 0.5) is 0 Å². The van der Waals surface area contributed by atoms with Crippen molar-refractivity contribution in [3.05, 3.63) is 27.2 Å². The normalized spacial score (nSPS) is 11.2. The highest BCUT2D eigenvalue weighted by Crippen LogP contribution is 2.37. The molecule has 0 saturated heterocycles. The molecular weight excluding hydrogens is 254 g/mol. The lowest BCUT2D eigenvalue weighted by molar-refractivity contribution is 0.464. The molecule has 0 aromatic heterocycles. The number of benzene rings is 1. The highest BCUT2D eigenvalue weighted by atomic mass is 79.9. The molecule has 0 radical (unpaired) electrons. The predicted molar refractivity (Wildman–Crippen MR) is 63.9 cm³/mol. The van der Waals surface area contributed by atoms with Gasteiger partial charge in [0.1, 0.15) is 5.75 Å². The van der Waals surface area contributed by atoms with Gasteiger partial charge in [0, 0.05) is 0 Å². The van der Waals surface area contributed by atoms with Crippen LogP contribution in [0.1, 0.15) is 30.5 Å². The third kappa shape index (κ3) is 2.00. The minimum absolute atomic E-state index is 0.230. The SMILES string of the molecule is Cc1cc(C(C)(C)C#N)c(C)c(O)c1Br. The van der Waals surface area contributed by atoms with Gasteiger partial charge in [-0.1, -0.05) is 6.07 Å². The average Bonchev–Trinajstić information content (AvgIpc) is 2.20. The van der Waals surface area contributed by atoms with Gasteiger partial charge in [-0.05, 0) is 60.3 Å². The van der Waals surface area contributed by atoms with E-state index in [1.165, 1.54) is 0 Å². The second-order valence-corrected chi connectivity index (χ2v) is 5.06. The summed E-state index contributed by atoms with van der Waals surface area (Å²) >= 11 is 3.32. The van der Waals surface area contributed by atoms with Crippen molar-refractivity contribution in [3.63, 3.8) is 0 Å². The first-order chi connectivity index (χ1) is 6.81. The van der Waals surface area contributed by atoms with Gasteiger partial charge in [-0.3, -0.25) is 0 Å². The second-order valence-electron chi connectivity index (χ2n) is 4.27. The van der Waals surface area contributed by atoms with Crippen molar-refractivity contribution in [2.45, 2.75) is 33.1 Å². The molecule has 0 fully saturated rings. The van der Waals surface area contributed by atoms with E-state index in [2.05, 4.69) is 22.0 Å². The zero-order chi connectivity index (χ0) is 11.8. The quantitative estimate of drug-likeness (QED) is 0.846. The molecule has 80 valence electrons. The van der Waals surface area contributed by atoms with Crippen molar-refractivity contribution in [2.75, 3.05) is 0 Å². The van der Waals surface area contributed by atoms with Gasteiger partial charge < -0.3 is 5.11 Å². The molecule has 0 aliphatic heterocycles. The Labute approximate surface area is 98.7 Å². The minimum atomic E-state index is -0.576. The fraction of sp³-hybridized carbons (Fsp3) is 0.417. The molecule has 1 aromatic carbocycles. The predicted octanol–water partition coefficient (Wildman–Crippen LogP) is 3.57. The summed E-state index contributed by atoms with van der Waals surface area (Å²) in [6, 6.07) is 4.19. The van der Waals surface area contributed by atoms with Crippen LogP contribution in [0, 0.1) is 25.2 Å². The van der Waals surface area contributed by atoms with Crippen LogP contribution in [-0.2, 0) is 5.41 Å². The van der Waals surface area contributed by atoms with Crippen LogP contribution in [0.25, 0.3) is 0 Å². The highest BCUT2D eigenvalue weighted by Gasteiger charge is 2.24. The van der Waals surface area contributed by atoms with Crippen molar-refractivity contribution in [3.8, 4) is 11.8 Å². The van der Waals surface area contributed by atoms with Crippen LogP contribution >= 0.6 is 15.9 Å². The van der Waals surface area contributed by atoms with Crippen LogP contribution in [0.5, 0.6) is 5.75 Å². The molecule has 0 aliphatic carbocycles. The van der Waals surface area contributed by atoms with Gasteiger partial charge >= 0.3 is 0 Å². The summed E-state index contributed by atoms with van der Waals surface area (Å²) in [5, 5.41) is 19.0. The number of phenols is 1. The van der Waals surface area contributed by atoms with Crippen molar-refractivity contribution in [1.82, 2.24) is 0 Å². The van der Waals surface area contributed by atoms with E-state index in [1.54, 1.807) is 0 Å². The maximum Gasteiger partial charge on any atom is 0.133 e. The van der Waals surface area contributed by atoms with Gasteiger partial charge in [0.25, 0.3) is 0 Å². The number of phenolic OH excluding ortho intramolecular Hbond substituents is 1. The summed E-state index contributed by atoms with van der Waals surface area (Å²) < 4.78 is 0.706. The number of nitriles is 1. The van der Waals surface area contributed by atoms with E-state index in [9.17, 15) is 5.11 Å². The lowest BCUT2D eigenvalue weighted by Gasteiger charge is -2.21. The van der Waals surface area contributed by atoms with Gasteiger partial charge in [0.2, 0.25) is 0 Å². The molecule has 15 heavy (non-hydrogen) atoms. The van der Waals surface area contributed by atoms with Gasteiger partial charge in [-0.15, -0.1) is 0 Å². The lowest BCUT2D eigenvalue weighted by Crippen LogP contribution is -2.16. The third-order valence-electron chi connectivity index (χ3n) is 2.63. The van der Waals surface area contributed by atoms with E-state index in [0.717, 1.165) is 16.7 Å². The standard InChI is InChI=1S/C12H14BrNO/c1-7-5-9(12(3,4)6-14)8(2)11(15)10(7)13/h5,15H,1-4H3. The highest BCUT2D eigenvalue weighted by molar-refractivity contribution is 9.10. The smallest absolute Gasteiger partial charge is 0.133 e. The number of halogens is 1. The second kappa shape index (κ2) is 3.86. The molecule has 2 nitrogen and oxygen atoms in total. The largest absolute Gasteiger partial charge is 0.506 e. The molecule has 0 bridgehead atoms. The molecule has 1 rings (SSSR count). The van der Waals surface area contributed by atoms with Crippen LogP contribution in [0.2, 0.25) is 0 Å². The molecule has 0 aliphatic rings. The minimum Gasteiger partial charge on any atom is -0.506 e. The van der Waals surface area contributed by atoms with Gasteiger partial charge in [0.05, 0.1) is 16.0 Å². The summed E-state index contributed by atoms with van der Waals surface area (Å²) in [6.07, 6.45) is 0. The first-order valence-corrected chi connectivity index (χ1v) is 5.51. The molecule has 0 atom stereocenters. The molecular formula is C12H14BrNO. The Bertz CT molecular complexity index is 444. The van der Waals surface area contributed by atoms with Gasteiger partial charge in [-0.2, -0.15) is 5.26 Å². The van der Waals surface area contributed by atoms with Crippen molar-refractivity contribution >= 4 is 15.9 Å². The maximum atomic E-state index is 9.87. The van der Waals surface area contributed by atoms with Crippen molar-refractivity contribution < 1.29 is 5.11 Å². The number of aromatic hydroxyl groups is 1. The Hall–Kier alpha value is -1.01. The van der Waals surface area contributed by atoms with Crippen molar-refractivity contribution in [2.24, 2.45) is 0 Å². The Kier molecular flexibility index (Phi) is 3.11. The maximum absolute atomic E-state index is 9.87. The Balaban J connectivity index is 3.54.